The van der Waals surface area contributed by atoms with Gasteiger partial charge in [0.1, 0.15) is 6.54 Å². The summed E-state index contributed by atoms with van der Waals surface area (Å²) in [4.78, 5) is 25.7. The molecule has 0 atom stereocenters. The molecule has 2 aromatic rings. The quantitative estimate of drug-likeness (QED) is 0.876. The van der Waals surface area contributed by atoms with Crippen LogP contribution in [0.3, 0.4) is 0 Å². The minimum Gasteiger partial charge on any atom is -0.324 e. The van der Waals surface area contributed by atoms with E-state index >= 15 is 0 Å². The van der Waals surface area contributed by atoms with Crippen molar-refractivity contribution in [3.05, 3.63) is 58.1 Å². The third kappa shape index (κ3) is 4.42. The van der Waals surface area contributed by atoms with E-state index in [0.29, 0.717) is 5.69 Å². The Labute approximate surface area is 144 Å². The van der Waals surface area contributed by atoms with Crippen molar-refractivity contribution in [1.29, 1.82) is 0 Å². The lowest BCUT2D eigenvalue weighted by Crippen LogP contribution is -2.36. The number of hydrogen-bond acceptors (Lipinski definition) is 2. The number of benzene rings is 2. The van der Waals surface area contributed by atoms with Crippen LogP contribution in [0.25, 0.3) is 0 Å². The van der Waals surface area contributed by atoms with Gasteiger partial charge in [0.2, 0.25) is 11.8 Å². The van der Waals surface area contributed by atoms with Crippen LogP contribution in [0.15, 0.2) is 46.9 Å². The van der Waals surface area contributed by atoms with Crippen LogP contribution in [0.2, 0.25) is 0 Å². The summed E-state index contributed by atoms with van der Waals surface area (Å²) in [5.74, 6) is -0.416. The van der Waals surface area contributed by atoms with Crippen molar-refractivity contribution in [1.82, 2.24) is 0 Å². The predicted octanol–water partition coefficient (Wildman–Crippen LogP) is 4.06. The first-order valence-electron chi connectivity index (χ1n) is 7.28. The second kappa shape index (κ2) is 7.42. The van der Waals surface area contributed by atoms with Gasteiger partial charge in [0.05, 0.1) is 5.69 Å². The fourth-order valence-corrected chi connectivity index (χ4v) is 2.56. The first kappa shape index (κ1) is 17.2. The molecule has 0 bridgehead atoms. The molecule has 0 fully saturated rings. The zero-order chi connectivity index (χ0) is 17.0. The largest absolute Gasteiger partial charge is 0.324 e. The highest BCUT2D eigenvalue weighted by atomic mass is 79.9. The van der Waals surface area contributed by atoms with Gasteiger partial charge < -0.3 is 10.2 Å². The van der Waals surface area contributed by atoms with Crippen LogP contribution in [0.1, 0.15) is 18.1 Å². The average molecular weight is 375 g/mol. The zero-order valence-electron chi connectivity index (χ0n) is 13.4. The molecule has 0 aromatic heterocycles. The third-order valence-electron chi connectivity index (χ3n) is 3.63. The van der Waals surface area contributed by atoms with E-state index in [1.54, 1.807) is 6.07 Å². The van der Waals surface area contributed by atoms with Crippen LogP contribution in [-0.4, -0.2) is 18.4 Å². The highest BCUT2D eigenvalue weighted by Gasteiger charge is 2.17. The van der Waals surface area contributed by atoms with Crippen LogP contribution in [0.4, 0.5) is 11.4 Å². The van der Waals surface area contributed by atoms with Gasteiger partial charge in [-0.25, -0.2) is 0 Å². The maximum Gasteiger partial charge on any atom is 0.244 e. The summed E-state index contributed by atoms with van der Waals surface area (Å²) in [5.41, 5.74) is 3.64. The maximum atomic E-state index is 12.3. The lowest BCUT2D eigenvalue weighted by molar-refractivity contribution is -0.120. The van der Waals surface area contributed by atoms with Gasteiger partial charge in [0.15, 0.2) is 0 Å². The van der Waals surface area contributed by atoms with Crippen molar-refractivity contribution in [2.24, 2.45) is 0 Å². The smallest absolute Gasteiger partial charge is 0.244 e. The molecule has 0 saturated heterocycles. The number of nitrogens with zero attached hydrogens (tertiary/aromatic N) is 1. The lowest BCUT2D eigenvalue weighted by Gasteiger charge is -2.21. The number of aryl methyl sites for hydroxylation is 2. The Kier molecular flexibility index (Phi) is 5.55. The maximum absolute atomic E-state index is 12.3. The molecule has 0 unspecified atom stereocenters. The number of rotatable bonds is 4. The first-order valence-corrected chi connectivity index (χ1v) is 8.07. The van der Waals surface area contributed by atoms with Crippen molar-refractivity contribution in [3.63, 3.8) is 0 Å². The Morgan fingerprint density at radius 1 is 1.09 bits per heavy atom. The van der Waals surface area contributed by atoms with E-state index in [0.717, 1.165) is 21.3 Å². The Morgan fingerprint density at radius 2 is 1.78 bits per heavy atom. The molecular weight excluding hydrogens is 356 g/mol. The number of anilines is 2. The van der Waals surface area contributed by atoms with Gasteiger partial charge in [-0.05, 0) is 65.2 Å². The van der Waals surface area contributed by atoms with E-state index in [4.69, 9.17) is 0 Å². The highest BCUT2D eigenvalue weighted by molar-refractivity contribution is 9.10. The number of nitrogens with one attached hydrogen (secondary N) is 1. The standard InChI is InChI=1S/C18H19BrN2O2/c1-12-8-9-15(10-13(12)2)21(14(3)22)11-18(23)20-17-7-5-4-6-16(17)19/h4-10H,11H2,1-3H3,(H,20,23). The van der Waals surface area contributed by atoms with Gasteiger partial charge in [-0.2, -0.15) is 0 Å². The van der Waals surface area contributed by atoms with Gasteiger partial charge in [-0.15, -0.1) is 0 Å². The van der Waals surface area contributed by atoms with E-state index in [-0.39, 0.29) is 18.4 Å². The van der Waals surface area contributed by atoms with Crippen molar-refractivity contribution in [3.8, 4) is 0 Å². The molecule has 0 aliphatic rings. The van der Waals surface area contributed by atoms with Crippen molar-refractivity contribution in [2.75, 3.05) is 16.8 Å². The summed E-state index contributed by atoms with van der Waals surface area (Å²) in [5, 5.41) is 2.81. The van der Waals surface area contributed by atoms with Gasteiger partial charge >= 0.3 is 0 Å². The third-order valence-corrected chi connectivity index (χ3v) is 4.32. The average Bonchev–Trinajstić information content (AvgIpc) is 2.50. The number of hydrogen-bond donors (Lipinski definition) is 1. The number of carbonyl (C=O) groups excluding carboxylic acids is 2. The van der Waals surface area contributed by atoms with Crippen molar-refractivity contribution in [2.45, 2.75) is 20.8 Å². The van der Waals surface area contributed by atoms with E-state index in [1.165, 1.54) is 11.8 Å². The van der Waals surface area contributed by atoms with Crippen LogP contribution < -0.4 is 10.2 Å². The Bertz CT molecular complexity index is 744. The first-order chi connectivity index (χ1) is 10.9. The molecule has 120 valence electrons. The molecule has 5 heteroatoms. The van der Waals surface area contributed by atoms with Gasteiger partial charge in [-0.3, -0.25) is 9.59 Å². The number of halogens is 1. The fourth-order valence-electron chi connectivity index (χ4n) is 2.17. The van der Waals surface area contributed by atoms with E-state index in [9.17, 15) is 9.59 Å². The van der Waals surface area contributed by atoms with Gasteiger partial charge in [0.25, 0.3) is 0 Å². The van der Waals surface area contributed by atoms with Crippen molar-refractivity contribution < 1.29 is 9.59 Å². The molecule has 0 spiro atoms. The summed E-state index contributed by atoms with van der Waals surface area (Å²) >= 11 is 3.39. The number of para-hydroxylation sites is 1. The second-order valence-electron chi connectivity index (χ2n) is 5.40. The molecule has 1 N–H and O–H groups in total. The molecule has 2 rings (SSSR count). The lowest BCUT2D eigenvalue weighted by atomic mass is 10.1. The fraction of sp³-hybridized carbons (Fsp3) is 0.222. The highest BCUT2D eigenvalue weighted by Crippen LogP contribution is 2.22. The summed E-state index contributed by atoms with van der Waals surface area (Å²) in [6.45, 7) is 5.43. The minimum absolute atomic E-state index is 0.0286. The Balaban J connectivity index is 2.16. The molecule has 2 aromatic carbocycles. The molecule has 23 heavy (non-hydrogen) atoms. The SMILES string of the molecule is CC(=O)N(CC(=O)Nc1ccccc1Br)c1ccc(C)c(C)c1. The molecule has 0 heterocycles. The molecular formula is C18H19BrN2O2. The summed E-state index contributed by atoms with van der Waals surface area (Å²) in [6, 6.07) is 13.1. The summed E-state index contributed by atoms with van der Waals surface area (Å²) < 4.78 is 0.800. The molecule has 0 aliphatic carbocycles. The molecule has 0 saturated carbocycles. The van der Waals surface area contributed by atoms with Gasteiger partial charge in [0, 0.05) is 17.1 Å². The van der Waals surface area contributed by atoms with E-state index in [2.05, 4.69) is 21.2 Å². The zero-order valence-corrected chi connectivity index (χ0v) is 15.0. The number of carbonyl (C=O) groups is 2. The van der Waals surface area contributed by atoms with E-state index in [1.807, 2.05) is 50.2 Å². The molecule has 0 aliphatic heterocycles. The molecule has 2 amide bonds. The van der Waals surface area contributed by atoms with E-state index < -0.39 is 0 Å². The topological polar surface area (TPSA) is 49.4 Å². The van der Waals surface area contributed by atoms with Gasteiger partial charge in [-0.1, -0.05) is 18.2 Å². The Hall–Kier alpha value is -2.14. The number of amides is 2. The van der Waals surface area contributed by atoms with Crippen molar-refractivity contribution >= 4 is 39.1 Å². The Morgan fingerprint density at radius 3 is 2.39 bits per heavy atom. The summed E-state index contributed by atoms with van der Waals surface area (Å²) in [6.07, 6.45) is 0. The second-order valence-corrected chi connectivity index (χ2v) is 6.26. The normalized spacial score (nSPS) is 10.3. The predicted molar refractivity (Wildman–Crippen MR) is 96.7 cm³/mol. The minimum atomic E-state index is -0.245. The monoisotopic (exact) mass is 374 g/mol. The molecule has 0 radical (unpaired) electrons. The van der Waals surface area contributed by atoms with Crippen LogP contribution >= 0.6 is 15.9 Å². The summed E-state index contributed by atoms with van der Waals surface area (Å²) in [7, 11) is 0. The van der Waals surface area contributed by atoms with Crippen LogP contribution in [0, 0.1) is 13.8 Å². The van der Waals surface area contributed by atoms with Crippen LogP contribution in [0.5, 0.6) is 0 Å². The van der Waals surface area contributed by atoms with Crippen LogP contribution in [-0.2, 0) is 9.59 Å². The molecule has 4 nitrogen and oxygen atoms in total.